The lowest BCUT2D eigenvalue weighted by atomic mass is 10.1. The average molecular weight is 334 g/mol. The van der Waals surface area contributed by atoms with Gasteiger partial charge in [0.1, 0.15) is 6.10 Å². The van der Waals surface area contributed by atoms with Crippen molar-refractivity contribution in [3.8, 4) is 0 Å². The normalized spacial score (nSPS) is 31.8. The van der Waals surface area contributed by atoms with E-state index in [0.717, 1.165) is 12.8 Å². The van der Waals surface area contributed by atoms with Crippen LogP contribution in [0.5, 0.6) is 0 Å². The molecular formula is C19H30N2O3. The Morgan fingerprint density at radius 1 is 1.04 bits per heavy atom. The van der Waals surface area contributed by atoms with Gasteiger partial charge < -0.3 is 14.5 Å². The van der Waals surface area contributed by atoms with E-state index in [0.29, 0.717) is 38.7 Å². The van der Waals surface area contributed by atoms with Gasteiger partial charge in [-0.2, -0.15) is 0 Å². The Kier molecular flexibility index (Phi) is 4.73. The van der Waals surface area contributed by atoms with E-state index in [1.54, 1.807) is 0 Å². The second-order valence-electron chi connectivity index (χ2n) is 8.22. The summed E-state index contributed by atoms with van der Waals surface area (Å²) in [7, 11) is 0. The van der Waals surface area contributed by atoms with Crippen LogP contribution in [0.15, 0.2) is 11.6 Å². The van der Waals surface area contributed by atoms with E-state index >= 15 is 0 Å². The highest BCUT2D eigenvalue weighted by Crippen LogP contribution is 2.60. The van der Waals surface area contributed by atoms with Crippen molar-refractivity contribution >= 4 is 11.8 Å². The largest absolute Gasteiger partial charge is 0.368 e. The summed E-state index contributed by atoms with van der Waals surface area (Å²) in [6, 6.07) is 0. The first-order valence-corrected chi connectivity index (χ1v) is 9.16. The van der Waals surface area contributed by atoms with E-state index in [-0.39, 0.29) is 29.3 Å². The van der Waals surface area contributed by atoms with Crippen molar-refractivity contribution in [1.82, 2.24) is 9.80 Å². The minimum Gasteiger partial charge on any atom is -0.368 e. The number of ether oxygens (including phenoxy) is 1. The molecule has 3 rings (SSSR count). The fraction of sp³-hybridized carbons (Fsp3) is 0.789. The summed E-state index contributed by atoms with van der Waals surface area (Å²) in [4.78, 5) is 29.1. The van der Waals surface area contributed by atoms with Crippen molar-refractivity contribution in [3.63, 3.8) is 0 Å². The maximum Gasteiger partial charge on any atom is 0.251 e. The summed E-state index contributed by atoms with van der Waals surface area (Å²) in [5.74, 6) is 0.801. The fourth-order valence-corrected chi connectivity index (χ4v) is 4.14. The van der Waals surface area contributed by atoms with Crippen molar-refractivity contribution in [1.29, 1.82) is 0 Å². The van der Waals surface area contributed by atoms with Gasteiger partial charge in [-0.05, 0) is 38.0 Å². The lowest BCUT2D eigenvalue weighted by Crippen LogP contribution is -2.53. The monoisotopic (exact) mass is 334 g/mol. The van der Waals surface area contributed by atoms with Gasteiger partial charge in [-0.3, -0.25) is 9.59 Å². The Labute approximate surface area is 145 Å². The molecule has 2 amide bonds. The molecule has 0 radical (unpaired) electrons. The molecule has 2 aliphatic heterocycles. The molecule has 1 aliphatic carbocycles. The molecule has 0 bridgehead atoms. The zero-order valence-corrected chi connectivity index (χ0v) is 15.4. The standard InChI is InChI=1S/C19H30N2O3/c1-13(2)12-14-16(19(14,3)4)18(23)21-9-7-20(8-10-21)17(22)15-6-5-11-24-15/h12,14-16H,5-11H2,1-4H3. The van der Waals surface area contributed by atoms with Gasteiger partial charge in [-0.25, -0.2) is 0 Å². The maximum absolute atomic E-state index is 12.9. The van der Waals surface area contributed by atoms with E-state index < -0.39 is 0 Å². The summed E-state index contributed by atoms with van der Waals surface area (Å²) in [5, 5.41) is 0. The van der Waals surface area contributed by atoms with Gasteiger partial charge in [0.15, 0.2) is 0 Å². The highest BCUT2D eigenvalue weighted by molar-refractivity contribution is 5.85. The summed E-state index contributed by atoms with van der Waals surface area (Å²) < 4.78 is 5.49. The molecule has 2 heterocycles. The molecule has 24 heavy (non-hydrogen) atoms. The molecule has 2 saturated heterocycles. The van der Waals surface area contributed by atoms with E-state index in [1.165, 1.54) is 5.57 Å². The van der Waals surface area contributed by atoms with Crippen molar-refractivity contribution in [2.75, 3.05) is 32.8 Å². The van der Waals surface area contributed by atoms with Gasteiger partial charge in [0.2, 0.25) is 5.91 Å². The van der Waals surface area contributed by atoms with Crippen LogP contribution in [-0.4, -0.2) is 60.5 Å². The van der Waals surface area contributed by atoms with Gasteiger partial charge in [0.05, 0.1) is 5.92 Å². The summed E-state index contributed by atoms with van der Waals surface area (Å²) >= 11 is 0. The third-order valence-corrected chi connectivity index (χ3v) is 5.80. The molecule has 0 N–H and O–H groups in total. The van der Waals surface area contributed by atoms with Crippen LogP contribution < -0.4 is 0 Å². The van der Waals surface area contributed by atoms with Gasteiger partial charge in [-0.1, -0.05) is 25.5 Å². The molecule has 3 aliphatic rings. The molecule has 134 valence electrons. The Morgan fingerprint density at radius 3 is 2.12 bits per heavy atom. The van der Waals surface area contributed by atoms with Crippen molar-refractivity contribution < 1.29 is 14.3 Å². The van der Waals surface area contributed by atoms with Crippen molar-refractivity contribution in [2.45, 2.75) is 46.6 Å². The van der Waals surface area contributed by atoms with Gasteiger partial charge in [0, 0.05) is 32.8 Å². The number of amides is 2. The van der Waals surface area contributed by atoms with Gasteiger partial charge in [0.25, 0.3) is 5.91 Å². The predicted octanol–water partition coefficient (Wildman–Crippen LogP) is 2.07. The van der Waals surface area contributed by atoms with Crippen LogP contribution in [0.4, 0.5) is 0 Å². The zero-order chi connectivity index (χ0) is 17.5. The first-order valence-electron chi connectivity index (χ1n) is 9.16. The zero-order valence-electron chi connectivity index (χ0n) is 15.4. The third kappa shape index (κ3) is 3.23. The van der Waals surface area contributed by atoms with Crippen LogP contribution in [0.1, 0.15) is 40.5 Å². The molecule has 1 saturated carbocycles. The Hall–Kier alpha value is -1.36. The van der Waals surface area contributed by atoms with Crippen molar-refractivity contribution in [2.24, 2.45) is 17.3 Å². The predicted molar refractivity (Wildman–Crippen MR) is 92.3 cm³/mol. The minimum absolute atomic E-state index is 0.0546. The smallest absolute Gasteiger partial charge is 0.251 e. The number of rotatable bonds is 3. The van der Waals surface area contributed by atoms with Crippen LogP contribution >= 0.6 is 0 Å². The van der Waals surface area contributed by atoms with E-state index in [9.17, 15) is 9.59 Å². The van der Waals surface area contributed by atoms with E-state index in [2.05, 4.69) is 33.8 Å². The first kappa shape index (κ1) is 17.5. The highest BCUT2D eigenvalue weighted by Gasteiger charge is 2.61. The minimum atomic E-state index is -0.253. The maximum atomic E-state index is 12.9. The second-order valence-corrected chi connectivity index (χ2v) is 8.22. The fourth-order valence-electron chi connectivity index (χ4n) is 4.14. The Balaban J connectivity index is 1.54. The average Bonchev–Trinajstić information content (AvgIpc) is 2.94. The van der Waals surface area contributed by atoms with Crippen LogP contribution in [0, 0.1) is 17.3 Å². The Bertz CT molecular complexity index is 537. The van der Waals surface area contributed by atoms with Gasteiger partial charge >= 0.3 is 0 Å². The molecule has 0 aromatic carbocycles. The van der Waals surface area contributed by atoms with Crippen LogP contribution in [0.3, 0.4) is 0 Å². The topological polar surface area (TPSA) is 49.9 Å². The number of carbonyl (C=O) groups is 2. The number of hydrogen-bond acceptors (Lipinski definition) is 3. The lowest BCUT2D eigenvalue weighted by Gasteiger charge is -2.36. The molecule has 0 spiro atoms. The number of piperazine rings is 1. The summed E-state index contributed by atoms with van der Waals surface area (Å²) in [5.41, 5.74) is 1.33. The molecule has 3 unspecified atom stereocenters. The SMILES string of the molecule is CC(C)=CC1C(C(=O)N2CCN(C(=O)C3CCCO3)CC2)C1(C)C. The number of nitrogens with zero attached hydrogens (tertiary/aromatic N) is 2. The molecule has 3 fully saturated rings. The summed E-state index contributed by atoms with van der Waals surface area (Å²) in [6.45, 7) is 11.8. The molecule has 3 atom stereocenters. The first-order chi connectivity index (χ1) is 11.3. The number of hydrogen-bond donors (Lipinski definition) is 0. The van der Waals surface area contributed by atoms with E-state index in [4.69, 9.17) is 4.74 Å². The molecule has 5 heteroatoms. The lowest BCUT2D eigenvalue weighted by molar-refractivity contribution is -0.146. The second kappa shape index (κ2) is 6.51. The molecule has 0 aromatic heterocycles. The van der Waals surface area contributed by atoms with E-state index in [1.807, 2.05) is 9.80 Å². The quantitative estimate of drug-likeness (QED) is 0.743. The Morgan fingerprint density at radius 2 is 1.62 bits per heavy atom. The molecule has 0 aromatic rings. The van der Waals surface area contributed by atoms with Crippen molar-refractivity contribution in [3.05, 3.63) is 11.6 Å². The number of carbonyl (C=O) groups excluding carboxylic acids is 2. The summed E-state index contributed by atoms with van der Waals surface area (Å²) in [6.07, 6.45) is 3.78. The molecule has 5 nitrogen and oxygen atoms in total. The molecular weight excluding hydrogens is 304 g/mol. The van der Waals surface area contributed by atoms with Crippen LogP contribution in [0.2, 0.25) is 0 Å². The highest BCUT2D eigenvalue weighted by atomic mass is 16.5. The van der Waals surface area contributed by atoms with Crippen LogP contribution in [-0.2, 0) is 14.3 Å². The third-order valence-electron chi connectivity index (χ3n) is 5.80. The van der Waals surface area contributed by atoms with Crippen LogP contribution in [0.25, 0.3) is 0 Å². The number of allylic oxidation sites excluding steroid dienone is 2. The van der Waals surface area contributed by atoms with Gasteiger partial charge in [-0.15, -0.1) is 0 Å².